The lowest BCUT2D eigenvalue weighted by Crippen LogP contribution is -2.39. The molecule has 0 bridgehead atoms. The normalized spacial score (nSPS) is 11.9. The first-order valence-corrected chi connectivity index (χ1v) is 5.06. The molecular weight excluding hydrogens is 264 g/mol. The van der Waals surface area contributed by atoms with Crippen molar-refractivity contribution in [1.29, 1.82) is 0 Å². The summed E-state index contributed by atoms with van der Waals surface area (Å²) in [6.45, 7) is 1.56. The number of esters is 1. The maximum atomic E-state index is 11.5. The third-order valence-corrected chi connectivity index (χ3v) is 2.25. The fraction of sp³-hybridized carbons (Fsp3) is 0.333. The van der Waals surface area contributed by atoms with Gasteiger partial charge in [0.2, 0.25) is 0 Å². The van der Waals surface area contributed by atoms with Crippen LogP contribution < -0.4 is 5.32 Å². The van der Waals surface area contributed by atoms with Crippen LogP contribution in [0.3, 0.4) is 0 Å². The van der Waals surface area contributed by atoms with Crippen LogP contribution in [0.1, 0.15) is 17.4 Å². The summed E-state index contributed by atoms with van der Waals surface area (Å²) in [5, 5.41) is 2.49. The number of carbonyl (C=O) groups excluding carboxylic acids is 2. The molecule has 1 aromatic rings. The van der Waals surface area contributed by atoms with Crippen LogP contribution in [0, 0.1) is 0 Å². The van der Waals surface area contributed by atoms with Crippen LogP contribution >= 0.6 is 15.9 Å². The van der Waals surface area contributed by atoms with E-state index in [-0.39, 0.29) is 5.91 Å². The molecule has 0 aliphatic carbocycles. The van der Waals surface area contributed by atoms with E-state index in [0.717, 1.165) is 4.47 Å². The van der Waals surface area contributed by atoms with Crippen molar-refractivity contribution in [3.05, 3.63) is 22.4 Å². The zero-order valence-corrected chi connectivity index (χ0v) is 9.92. The van der Waals surface area contributed by atoms with Gasteiger partial charge in [0, 0.05) is 10.7 Å². The molecule has 6 heteroatoms. The average Bonchev–Trinajstić information content (AvgIpc) is 2.63. The van der Waals surface area contributed by atoms with E-state index in [2.05, 4.69) is 31.0 Å². The van der Waals surface area contributed by atoms with Gasteiger partial charge in [0.25, 0.3) is 5.91 Å². The lowest BCUT2D eigenvalue weighted by Gasteiger charge is -2.10. The van der Waals surface area contributed by atoms with E-state index in [1.807, 2.05) is 0 Å². The Hall–Kier alpha value is -1.30. The van der Waals surface area contributed by atoms with E-state index in [1.54, 1.807) is 19.2 Å². The van der Waals surface area contributed by atoms with Gasteiger partial charge < -0.3 is 15.0 Å². The minimum Gasteiger partial charge on any atom is -0.467 e. The highest BCUT2D eigenvalue weighted by Crippen LogP contribution is 2.10. The minimum absolute atomic E-state index is 0.349. The number of halogens is 1. The Labute approximate surface area is 95.3 Å². The number of hydrogen-bond donors (Lipinski definition) is 2. The number of H-pyrrole nitrogens is 1. The molecule has 1 aromatic heterocycles. The van der Waals surface area contributed by atoms with Crippen LogP contribution in [0.25, 0.3) is 0 Å². The largest absolute Gasteiger partial charge is 0.467 e. The summed E-state index contributed by atoms with van der Waals surface area (Å²) in [6, 6.07) is 0.962. The quantitative estimate of drug-likeness (QED) is 0.810. The van der Waals surface area contributed by atoms with Gasteiger partial charge in [-0.05, 0) is 28.9 Å². The number of rotatable bonds is 3. The van der Waals surface area contributed by atoms with E-state index in [1.165, 1.54) is 7.11 Å². The maximum Gasteiger partial charge on any atom is 0.328 e. The maximum absolute atomic E-state index is 11.5. The van der Waals surface area contributed by atoms with Gasteiger partial charge in [-0.15, -0.1) is 0 Å². The molecule has 0 spiro atoms. The fourth-order valence-electron chi connectivity index (χ4n) is 1.01. The van der Waals surface area contributed by atoms with Gasteiger partial charge in [0.05, 0.1) is 7.11 Å². The first kappa shape index (κ1) is 11.8. The molecule has 0 saturated heterocycles. The summed E-state index contributed by atoms with van der Waals surface area (Å²) < 4.78 is 5.26. The molecule has 0 aromatic carbocycles. The second-order valence-corrected chi connectivity index (χ2v) is 3.87. The van der Waals surface area contributed by atoms with Crippen molar-refractivity contribution in [1.82, 2.24) is 10.3 Å². The number of hydrogen-bond acceptors (Lipinski definition) is 3. The van der Waals surface area contributed by atoms with Crippen LogP contribution in [0.4, 0.5) is 0 Å². The molecule has 0 aliphatic heterocycles. The average molecular weight is 275 g/mol. The first-order valence-electron chi connectivity index (χ1n) is 4.27. The predicted octanol–water partition coefficient (Wildman–Crippen LogP) is 1.07. The van der Waals surface area contributed by atoms with E-state index in [4.69, 9.17) is 0 Å². The molecule has 0 aliphatic rings. The van der Waals surface area contributed by atoms with Gasteiger partial charge in [-0.25, -0.2) is 4.79 Å². The zero-order valence-electron chi connectivity index (χ0n) is 8.33. The van der Waals surface area contributed by atoms with Crippen molar-refractivity contribution in [2.24, 2.45) is 0 Å². The molecule has 82 valence electrons. The van der Waals surface area contributed by atoms with Crippen LogP contribution in [0.15, 0.2) is 16.7 Å². The Morgan fingerprint density at radius 1 is 1.60 bits per heavy atom. The van der Waals surface area contributed by atoms with Crippen LogP contribution in [0.2, 0.25) is 0 Å². The molecule has 0 unspecified atom stereocenters. The van der Waals surface area contributed by atoms with Crippen molar-refractivity contribution in [3.63, 3.8) is 0 Å². The molecule has 2 N–H and O–H groups in total. The van der Waals surface area contributed by atoms with Gasteiger partial charge in [-0.1, -0.05) is 0 Å². The summed E-state index contributed by atoms with van der Waals surface area (Å²) in [5.41, 5.74) is 0.387. The van der Waals surface area contributed by atoms with Crippen LogP contribution in [-0.4, -0.2) is 30.0 Å². The van der Waals surface area contributed by atoms with Gasteiger partial charge >= 0.3 is 5.97 Å². The van der Waals surface area contributed by atoms with Gasteiger partial charge in [0.15, 0.2) is 0 Å². The van der Waals surface area contributed by atoms with Gasteiger partial charge in [0.1, 0.15) is 11.7 Å². The summed E-state index contributed by atoms with van der Waals surface area (Å²) in [6.07, 6.45) is 1.64. The minimum atomic E-state index is -0.662. The van der Waals surface area contributed by atoms with Crippen molar-refractivity contribution in [2.75, 3.05) is 7.11 Å². The second-order valence-electron chi connectivity index (χ2n) is 2.95. The Morgan fingerprint density at radius 3 is 2.73 bits per heavy atom. The number of aromatic amines is 1. The summed E-state index contributed by atoms with van der Waals surface area (Å²) in [7, 11) is 1.27. The highest BCUT2D eigenvalue weighted by Gasteiger charge is 2.17. The van der Waals surface area contributed by atoms with Gasteiger partial charge in [-0.3, -0.25) is 4.79 Å². The summed E-state index contributed by atoms with van der Waals surface area (Å²) in [5.74, 6) is -0.826. The number of ether oxygens (including phenoxy) is 1. The Balaban J connectivity index is 2.60. The molecule has 15 heavy (non-hydrogen) atoms. The van der Waals surface area contributed by atoms with E-state index >= 15 is 0 Å². The fourth-order valence-corrected chi connectivity index (χ4v) is 1.35. The Morgan fingerprint density at radius 2 is 2.27 bits per heavy atom. The smallest absolute Gasteiger partial charge is 0.328 e. The number of carbonyl (C=O) groups is 2. The van der Waals surface area contributed by atoms with Gasteiger partial charge in [-0.2, -0.15) is 0 Å². The lowest BCUT2D eigenvalue weighted by atomic mass is 10.3. The lowest BCUT2D eigenvalue weighted by molar-refractivity contribution is -0.142. The van der Waals surface area contributed by atoms with Crippen molar-refractivity contribution >= 4 is 27.8 Å². The third-order valence-electron chi connectivity index (χ3n) is 1.79. The standard InChI is InChI=1S/C9H11BrN2O3/c1-5(9(14)15-2)12-8(13)7-3-6(10)4-11-7/h3-5,11H,1-2H3,(H,12,13)/t5-/m0/s1. The molecule has 5 nitrogen and oxygen atoms in total. The third kappa shape index (κ3) is 3.09. The number of aromatic nitrogens is 1. The highest BCUT2D eigenvalue weighted by molar-refractivity contribution is 9.10. The molecule has 0 fully saturated rings. The molecule has 1 amide bonds. The first-order chi connectivity index (χ1) is 7.04. The molecule has 0 radical (unpaired) electrons. The molecule has 1 heterocycles. The van der Waals surface area contributed by atoms with Crippen LogP contribution in [0.5, 0.6) is 0 Å². The second kappa shape index (κ2) is 4.97. The van der Waals surface area contributed by atoms with Crippen molar-refractivity contribution in [3.8, 4) is 0 Å². The summed E-state index contributed by atoms with van der Waals surface area (Å²) in [4.78, 5) is 25.3. The van der Waals surface area contributed by atoms with Crippen molar-refractivity contribution < 1.29 is 14.3 Å². The van der Waals surface area contributed by atoms with Crippen molar-refractivity contribution in [2.45, 2.75) is 13.0 Å². The SMILES string of the molecule is COC(=O)[C@H](C)NC(=O)c1cc(Br)c[nH]1. The highest BCUT2D eigenvalue weighted by atomic mass is 79.9. The Bertz CT molecular complexity index is 375. The number of nitrogens with one attached hydrogen (secondary N) is 2. The molecule has 0 saturated carbocycles. The van der Waals surface area contributed by atoms with E-state index in [9.17, 15) is 9.59 Å². The molecule has 1 atom stereocenters. The van der Waals surface area contributed by atoms with E-state index < -0.39 is 12.0 Å². The molecule has 1 rings (SSSR count). The van der Waals surface area contributed by atoms with Crippen LogP contribution in [-0.2, 0) is 9.53 Å². The van der Waals surface area contributed by atoms with E-state index in [0.29, 0.717) is 5.69 Å². The summed E-state index contributed by atoms with van der Waals surface area (Å²) >= 11 is 3.21. The predicted molar refractivity (Wildman–Crippen MR) is 57.4 cm³/mol. The number of methoxy groups -OCH3 is 1. The zero-order chi connectivity index (χ0) is 11.4. The number of amides is 1. The molecular formula is C9H11BrN2O3. The topological polar surface area (TPSA) is 71.2 Å². The Kier molecular flexibility index (Phi) is 3.90. The monoisotopic (exact) mass is 274 g/mol.